The molecule has 5 heteroatoms. The van der Waals surface area contributed by atoms with Gasteiger partial charge in [-0.3, -0.25) is 9.59 Å². The van der Waals surface area contributed by atoms with Crippen molar-refractivity contribution in [1.82, 2.24) is 0 Å². The fourth-order valence-electron chi connectivity index (χ4n) is 3.59. The van der Waals surface area contributed by atoms with E-state index < -0.39 is 6.04 Å². The van der Waals surface area contributed by atoms with Crippen molar-refractivity contribution in [3.8, 4) is 0 Å². The summed E-state index contributed by atoms with van der Waals surface area (Å²) in [6.45, 7) is 9.04. The minimum Gasteiger partial charge on any atom is -0.364 e. The first-order valence-electron chi connectivity index (χ1n) is 9.92. The van der Waals surface area contributed by atoms with E-state index in [0.717, 1.165) is 22.5 Å². The molecule has 2 aromatic carbocycles. The molecule has 0 saturated heterocycles. The van der Waals surface area contributed by atoms with Gasteiger partial charge in [0.15, 0.2) is 5.78 Å². The Morgan fingerprint density at radius 1 is 1.14 bits per heavy atom. The van der Waals surface area contributed by atoms with Crippen LogP contribution >= 0.6 is 0 Å². The van der Waals surface area contributed by atoms with Crippen molar-refractivity contribution in [3.63, 3.8) is 0 Å². The van der Waals surface area contributed by atoms with Crippen LogP contribution in [0.2, 0.25) is 0 Å². The molecular weight excluding hydrogens is 362 g/mol. The number of carbonyl (C=O) groups is 2. The lowest BCUT2D eigenvalue weighted by Gasteiger charge is -2.26. The lowest BCUT2D eigenvalue weighted by Crippen LogP contribution is -2.48. The molecule has 5 nitrogen and oxygen atoms in total. The van der Waals surface area contributed by atoms with Gasteiger partial charge in [-0.15, -0.1) is 0 Å². The number of Topliss-reactive ketones (excluding diaryl/α,β-unsaturated/α-hetero) is 1. The highest BCUT2D eigenvalue weighted by Gasteiger charge is 2.32. The quantitative estimate of drug-likeness (QED) is 0.624. The lowest BCUT2D eigenvalue weighted by atomic mass is 10.0. The van der Waals surface area contributed by atoms with E-state index in [-0.39, 0.29) is 18.2 Å². The first-order valence-corrected chi connectivity index (χ1v) is 9.92. The van der Waals surface area contributed by atoms with Crippen molar-refractivity contribution >= 4 is 23.1 Å². The highest BCUT2D eigenvalue weighted by Crippen LogP contribution is 2.34. The minimum absolute atomic E-state index is 0.0235. The second-order valence-corrected chi connectivity index (χ2v) is 7.95. The molecule has 0 bridgehead atoms. The van der Waals surface area contributed by atoms with Crippen LogP contribution in [-0.4, -0.2) is 37.4 Å². The second-order valence-electron chi connectivity index (χ2n) is 7.95. The molecule has 1 atom stereocenters. The van der Waals surface area contributed by atoms with Crippen LogP contribution in [0.1, 0.15) is 35.3 Å². The highest BCUT2D eigenvalue weighted by molar-refractivity contribution is 6.09. The number of ketones is 1. The largest absolute Gasteiger partial charge is 0.364 e. The molecule has 0 saturated carbocycles. The molecule has 2 aromatic rings. The predicted molar refractivity (Wildman–Crippen MR) is 119 cm³/mol. The Labute approximate surface area is 172 Å². The average Bonchev–Trinajstić information content (AvgIpc) is 2.77. The Hall–Kier alpha value is -2.92. The van der Waals surface area contributed by atoms with Gasteiger partial charge in [0, 0.05) is 18.7 Å². The number of aryl methyl sites for hydroxylation is 2. The minimum atomic E-state index is -0.696. The molecule has 2 N–H and O–H groups in total. The van der Waals surface area contributed by atoms with Gasteiger partial charge in [-0.25, -0.2) is 0 Å². The van der Waals surface area contributed by atoms with E-state index in [9.17, 15) is 9.59 Å². The van der Waals surface area contributed by atoms with Gasteiger partial charge >= 0.3 is 0 Å². The van der Waals surface area contributed by atoms with Crippen LogP contribution in [0.4, 0.5) is 11.4 Å². The van der Waals surface area contributed by atoms with E-state index in [2.05, 4.69) is 11.0 Å². The SMILES string of the molecule is CC(C)=CCN1CC(N)C(=O)N(CC(=O)c2ccccc2C)c2cc(C)ccc21. The normalized spacial score (nSPS) is 16.3. The number of nitrogens with zero attached hydrogens (tertiary/aromatic N) is 2. The summed E-state index contributed by atoms with van der Waals surface area (Å²) in [4.78, 5) is 29.9. The summed E-state index contributed by atoms with van der Waals surface area (Å²) < 4.78 is 0. The van der Waals surface area contributed by atoms with Crippen LogP contribution in [0.15, 0.2) is 54.1 Å². The molecule has 1 heterocycles. The number of anilines is 2. The van der Waals surface area contributed by atoms with Gasteiger partial charge in [0.1, 0.15) is 6.04 Å². The summed E-state index contributed by atoms with van der Waals surface area (Å²) in [5.74, 6) is -0.313. The molecule has 1 unspecified atom stereocenters. The van der Waals surface area contributed by atoms with Gasteiger partial charge in [-0.05, 0) is 51.0 Å². The molecule has 0 spiro atoms. The number of fused-ring (bicyclic) bond motifs is 1. The molecule has 1 amide bonds. The van der Waals surface area contributed by atoms with E-state index >= 15 is 0 Å². The van der Waals surface area contributed by atoms with Crippen molar-refractivity contribution in [2.75, 3.05) is 29.4 Å². The lowest BCUT2D eigenvalue weighted by molar-refractivity contribution is -0.119. The van der Waals surface area contributed by atoms with Crippen LogP contribution in [0.3, 0.4) is 0 Å². The van der Waals surface area contributed by atoms with E-state index in [1.807, 2.05) is 64.1 Å². The van der Waals surface area contributed by atoms with Crippen LogP contribution in [0.25, 0.3) is 0 Å². The fraction of sp³-hybridized carbons (Fsp3) is 0.333. The first kappa shape index (κ1) is 20.8. The van der Waals surface area contributed by atoms with E-state index in [1.165, 1.54) is 5.57 Å². The zero-order valence-corrected chi connectivity index (χ0v) is 17.6. The average molecular weight is 392 g/mol. The van der Waals surface area contributed by atoms with Crippen molar-refractivity contribution in [3.05, 3.63) is 70.8 Å². The Balaban J connectivity index is 2.02. The van der Waals surface area contributed by atoms with Crippen LogP contribution in [0, 0.1) is 13.8 Å². The maximum atomic E-state index is 13.2. The monoisotopic (exact) mass is 391 g/mol. The number of amides is 1. The maximum Gasteiger partial charge on any atom is 0.246 e. The van der Waals surface area contributed by atoms with E-state index in [0.29, 0.717) is 18.7 Å². The number of carbonyl (C=O) groups excluding carboxylic acids is 2. The van der Waals surface area contributed by atoms with Crippen molar-refractivity contribution in [1.29, 1.82) is 0 Å². The third-order valence-corrected chi connectivity index (χ3v) is 5.23. The number of hydrogen-bond donors (Lipinski definition) is 1. The van der Waals surface area contributed by atoms with E-state index in [4.69, 9.17) is 5.73 Å². The summed E-state index contributed by atoms with van der Waals surface area (Å²) >= 11 is 0. The van der Waals surface area contributed by atoms with Gasteiger partial charge in [0.25, 0.3) is 0 Å². The van der Waals surface area contributed by atoms with Crippen molar-refractivity contribution in [2.24, 2.45) is 5.73 Å². The van der Waals surface area contributed by atoms with E-state index in [1.54, 1.807) is 11.0 Å². The molecule has 0 aromatic heterocycles. The topological polar surface area (TPSA) is 66.6 Å². The van der Waals surface area contributed by atoms with Gasteiger partial charge < -0.3 is 15.5 Å². The van der Waals surface area contributed by atoms with Crippen LogP contribution < -0.4 is 15.5 Å². The molecule has 1 aliphatic heterocycles. The molecule has 0 aliphatic carbocycles. The smallest absolute Gasteiger partial charge is 0.246 e. The maximum absolute atomic E-state index is 13.2. The highest BCUT2D eigenvalue weighted by atomic mass is 16.2. The number of nitrogens with two attached hydrogens (primary N) is 1. The molecule has 1 aliphatic rings. The molecule has 0 fully saturated rings. The summed E-state index contributed by atoms with van der Waals surface area (Å²) in [5.41, 5.74) is 11.7. The molecule has 0 radical (unpaired) electrons. The Morgan fingerprint density at radius 2 is 1.86 bits per heavy atom. The van der Waals surface area contributed by atoms with Crippen molar-refractivity contribution in [2.45, 2.75) is 33.7 Å². The van der Waals surface area contributed by atoms with Gasteiger partial charge in [0.2, 0.25) is 5.91 Å². The molecule has 152 valence electrons. The Bertz CT molecular complexity index is 960. The van der Waals surface area contributed by atoms with Gasteiger partial charge in [0.05, 0.1) is 17.9 Å². The summed E-state index contributed by atoms with van der Waals surface area (Å²) in [6.07, 6.45) is 2.12. The number of hydrogen-bond acceptors (Lipinski definition) is 4. The number of rotatable bonds is 5. The Kier molecular flexibility index (Phi) is 6.18. The zero-order valence-electron chi connectivity index (χ0n) is 17.6. The molecule has 3 rings (SSSR count). The van der Waals surface area contributed by atoms with Crippen LogP contribution in [0.5, 0.6) is 0 Å². The number of allylic oxidation sites excluding steroid dienone is 1. The number of benzene rings is 2. The van der Waals surface area contributed by atoms with Crippen molar-refractivity contribution < 1.29 is 9.59 Å². The standard InChI is InChI=1S/C24H29N3O2/c1-16(2)11-12-26-14-20(25)24(29)27(22-13-17(3)9-10-21(22)26)15-23(28)19-8-6-5-7-18(19)4/h5-11,13,20H,12,14-15,25H2,1-4H3. The van der Waals surface area contributed by atoms with Crippen LogP contribution in [-0.2, 0) is 4.79 Å². The predicted octanol–water partition coefficient (Wildman–Crippen LogP) is 3.63. The third-order valence-electron chi connectivity index (χ3n) is 5.23. The first-order chi connectivity index (χ1) is 13.8. The third kappa shape index (κ3) is 4.57. The zero-order chi connectivity index (χ0) is 21.1. The Morgan fingerprint density at radius 3 is 2.55 bits per heavy atom. The summed E-state index contributed by atoms with van der Waals surface area (Å²) in [6, 6.07) is 12.8. The fourth-order valence-corrected chi connectivity index (χ4v) is 3.59. The van der Waals surface area contributed by atoms with Gasteiger partial charge in [-0.2, -0.15) is 0 Å². The van der Waals surface area contributed by atoms with Gasteiger partial charge in [-0.1, -0.05) is 42.0 Å². The second kappa shape index (κ2) is 8.62. The summed E-state index contributed by atoms with van der Waals surface area (Å²) in [7, 11) is 0. The summed E-state index contributed by atoms with van der Waals surface area (Å²) in [5, 5.41) is 0. The molecular formula is C24H29N3O2. The molecule has 29 heavy (non-hydrogen) atoms.